The van der Waals surface area contributed by atoms with Gasteiger partial charge in [-0.1, -0.05) is 6.07 Å². The number of rotatable bonds is 4. The molecule has 5 rings (SSSR count). The van der Waals surface area contributed by atoms with Crippen molar-refractivity contribution in [3.63, 3.8) is 0 Å². The van der Waals surface area contributed by atoms with Gasteiger partial charge < -0.3 is 15.0 Å². The van der Waals surface area contributed by atoms with Gasteiger partial charge in [0.15, 0.2) is 15.7 Å². The highest BCUT2D eigenvalue weighted by Crippen LogP contribution is 2.31. The minimum Gasteiger partial charge on any atom is -0.378 e. The molecule has 4 aromatic rings. The molecule has 9 heteroatoms. The van der Waals surface area contributed by atoms with E-state index in [1.54, 1.807) is 24.4 Å². The van der Waals surface area contributed by atoms with E-state index in [9.17, 15) is 8.42 Å². The van der Waals surface area contributed by atoms with Gasteiger partial charge in [0, 0.05) is 41.5 Å². The third-order valence-electron chi connectivity index (χ3n) is 5.30. The van der Waals surface area contributed by atoms with E-state index in [0.717, 1.165) is 54.0 Å². The summed E-state index contributed by atoms with van der Waals surface area (Å²) >= 11 is 0. The number of nitrogens with one attached hydrogen (secondary N) is 2. The van der Waals surface area contributed by atoms with Crippen molar-refractivity contribution < 1.29 is 13.2 Å². The summed E-state index contributed by atoms with van der Waals surface area (Å²) in [6.45, 7) is 3.26. The van der Waals surface area contributed by atoms with E-state index >= 15 is 0 Å². The Balaban J connectivity index is 1.52. The minimum absolute atomic E-state index is 0.242. The number of H-pyrrole nitrogens is 1. The molecule has 0 aliphatic carbocycles. The molecule has 0 amide bonds. The van der Waals surface area contributed by atoms with Gasteiger partial charge >= 0.3 is 0 Å². The van der Waals surface area contributed by atoms with Crippen LogP contribution in [-0.2, 0) is 14.6 Å². The second-order valence-electron chi connectivity index (χ2n) is 7.34. The van der Waals surface area contributed by atoms with Crippen molar-refractivity contribution in [1.82, 2.24) is 15.2 Å². The van der Waals surface area contributed by atoms with Crippen molar-refractivity contribution in [2.45, 2.75) is 4.90 Å². The van der Waals surface area contributed by atoms with Crippen molar-refractivity contribution in [2.75, 3.05) is 42.8 Å². The van der Waals surface area contributed by atoms with Crippen LogP contribution in [0.3, 0.4) is 0 Å². The van der Waals surface area contributed by atoms with Crippen molar-refractivity contribution in [1.29, 1.82) is 0 Å². The Kier molecular flexibility index (Phi) is 4.56. The molecule has 2 aromatic carbocycles. The second-order valence-corrected chi connectivity index (χ2v) is 9.36. The number of fused-ring (bicyclic) bond motifs is 3. The fourth-order valence-corrected chi connectivity index (χ4v) is 4.35. The van der Waals surface area contributed by atoms with Crippen LogP contribution in [0, 0.1) is 0 Å². The highest BCUT2D eigenvalue weighted by atomic mass is 32.2. The van der Waals surface area contributed by atoms with Gasteiger partial charge in [-0.15, -0.1) is 0 Å². The predicted molar refractivity (Wildman–Crippen MR) is 117 cm³/mol. The molecule has 0 atom stereocenters. The monoisotopic (exact) mass is 423 g/mol. The summed E-state index contributed by atoms with van der Waals surface area (Å²) in [6.07, 6.45) is 2.92. The van der Waals surface area contributed by atoms with Crippen LogP contribution in [0.5, 0.6) is 0 Å². The van der Waals surface area contributed by atoms with Gasteiger partial charge in [-0.25, -0.2) is 13.4 Å². The molecule has 1 aliphatic heterocycles. The van der Waals surface area contributed by atoms with Gasteiger partial charge in [-0.2, -0.15) is 5.10 Å². The van der Waals surface area contributed by atoms with E-state index in [1.165, 1.54) is 6.26 Å². The number of nitrogens with zero attached hydrogens (tertiary/aromatic N) is 3. The van der Waals surface area contributed by atoms with E-state index in [0.29, 0.717) is 11.3 Å². The summed E-state index contributed by atoms with van der Waals surface area (Å²) < 4.78 is 29.3. The maximum absolute atomic E-state index is 12.0. The van der Waals surface area contributed by atoms with E-state index in [1.807, 2.05) is 12.1 Å². The molecular weight excluding hydrogens is 402 g/mol. The summed E-state index contributed by atoms with van der Waals surface area (Å²) in [7, 11) is -3.32. The van der Waals surface area contributed by atoms with Gasteiger partial charge in [-0.3, -0.25) is 5.10 Å². The van der Waals surface area contributed by atoms with Crippen LogP contribution < -0.4 is 10.2 Å². The number of anilines is 3. The Morgan fingerprint density at radius 2 is 1.83 bits per heavy atom. The van der Waals surface area contributed by atoms with Crippen molar-refractivity contribution in [2.24, 2.45) is 0 Å². The standard InChI is InChI=1S/C21H21N5O3S/c1-30(27,28)16-6-7-17-18-13-22-25-20(18)21(24-19(17)12-16)23-14-2-4-15(5-3-14)26-8-10-29-11-9-26/h2-7,12-13H,8-11H2,1H3,(H,22,25)(H,23,24). The first-order valence-electron chi connectivity index (χ1n) is 9.66. The number of morpholine rings is 1. The van der Waals surface area contributed by atoms with Crippen molar-refractivity contribution in [3.8, 4) is 0 Å². The molecule has 0 spiro atoms. The normalized spacial score (nSPS) is 15.0. The lowest BCUT2D eigenvalue weighted by Crippen LogP contribution is -2.36. The van der Waals surface area contributed by atoms with Gasteiger partial charge in [0.2, 0.25) is 0 Å². The molecule has 1 fully saturated rings. The van der Waals surface area contributed by atoms with Crippen LogP contribution in [-0.4, -0.2) is 56.2 Å². The van der Waals surface area contributed by atoms with E-state index in [-0.39, 0.29) is 4.90 Å². The second kappa shape index (κ2) is 7.26. The fraction of sp³-hybridized carbons (Fsp3) is 0.238. The van der Waals surface area contributed by atoms with Crippen LogP contribution >= 0.6 is 0 Å². The molecule has 0 bridgehead atoms. The van der Waals surface area contributed by atoms with Gasteiger partial charge in [0.25, 0.3) is 0 Å². The smallest absolute Gasteiger partial charge is 0.175 e. The number of aromatic nitrogens is 3. The van der Waals surface area contributed by atoms with Crippen LogP contribution in [0.2, 0.25) is 0 Å². The maximum atomic E-state index is 12.0. The zero-order chi connectivity index (χ0) is 20.7. The Bertz CT molecular complexity index is 1330. The van der Waals surface area contributed by atoms with Gasteiger partial charge in [-0.05, 0) is 36.4 Å². The van der Waals surface area contributed by atoms with Crippen LogP contribution in [0.1, 0.15) is 0 Å². The molecule has 30 heavy (non-hydrogen) atoms. The summed E-state index contributed by atoms with van der Waals surface area (Å²) in [5.74, 6) is 0.597. The molecule has 1 aliphatic rings. The Morgan fingerprint density at radius 1 is 1.07 bits per heavy atom. The SMILES string of the molecule is CS(=O)(=O)c1ccc2c(c1)nc(Nc1ccc(N3CCOCC3)cc1)c1[nH]ncc12. The first-order valence-corrected chi connectivity index (χ1v) is 11.5. The molecule has 3 heterocycles. The number of pyridine rings is 1. The van der Waals surface area contributed by atoms with Crippen LogP contribution in [0.15, 0.2) is 53.6 Å². The average Bonchev–Trinajstić information content (AvgIpc) is 3.25. The summed E-state index contributed by atoms with van der Waals surface area (Å²) in [6, 6.07) is 13.1. The summed E-state index contributed by atoms with van der Waals surface area (Å²) in [4.78, 5) is 7.22. The Hall–Kier alpha value is -3.17. The van der Waals surface area contributed by atoms with E-state index in [4.69, 9.17) is 4.74 Å². The summed E-state index contributed by atoms with van der Waals surface area (Å²) in [5.41, 5.74) is 3.40. The lowest BCUT2D eigenvalue weighted by atomic mass is 10.1. The molecule has 2 N–H and O–H groups in total. The zero-order valence-corrected chi connectivity index (χ0v) is 17.2. The molecule has 0 saturated carbocycles. The topological polar surface area (TPSA) is 100 Å². The van der Waals surface area contributed by atoms with Gasteiger partial charge in [0.05, 0.1) is 29.8 Å². The van der Waals surface area contributed by atoms with Crippen LogP contribution in [0.4, 0.5) is 17.2 Å². The van der Waals surface area contributed by atoms with E-state index < -0.39 is 9.84 Å². The predicted octanol–water partition coefficient (Wildman–Crippen LogP) is 3.09. The average molecular weight is 423 g/mol. The number of sulfone groups is 1. The minimum atomic E-state index is -3.32. The Labute approximate surface area is 173 Å². The van der Waals surface area contributed by atoms with Crippen molar-refractivity contribution in [3.05, 3.63) is 48.7 Å². The molecule has 8 nitrogen and oxygen atoms in total. The zero-order valence-electron chi connectivity index (χ0n) is 16.4. The first kappa shape index (κ1) is 18.8. The third kappa shape index (κ3) is 3.46. The number of hydrogen-bond donors (Lipinski definition) is 2. The lowest BCUT2D eigenvalue weighted by Gasteiger charge is -2.28. The number of hydrogen-bond acceptors (Lipinski definition) is 7. The molecular formula is C21H21N5O3S. The van der Waals surface area contributed by atoms with Crippen LogP contribution in [0.25, 0.3) is 21.8 Å². The third-order valence-corrected chi connectivity index (χ3v) is 6.41. The largest absolute Gasteiger partial charge is 0.378 e. The number of ether oxygens (including phenoxy) is 1. The molecule has 154 valence electrons. The quantitative estimate of drug-likeness (QED) is 0.520. The Morgan fingerprint density at radius 3 is 2.57 bits per heavy atom. The molecule has 2 aromatic heterocycles. The first-order chi connectivity index (χ1) is 14.5. The van der Waals surface area contributed by atoms with Gasteiger partial charge in [0.1, 0.15) is 5.52 Å². The molecule has 0 unspecified atom stereocenters. The summed E-state index contributed by atoms with van der Waals surface area (Å²) in [5, 5.41) is 12.2. The highest BCUT2D eigenvalue weighted by Gasteiger charge is 2.15. The lowest BCUT2D eigenvalue weighted by molar-refractivity contribution is 0.122. The maximum Gasteiger partial charge on any atom is 0.175 e. The fourth-order valence-electron chi connectivity index (χ4n) is 3.71. The molecule has 1 saturated heterocycles. The van der Waals surface area contributed by atoms with Crippen molar-refractivity contribution >= 4 is 48.8 Å². The highest BCUT2D eigenvalue weighted by molar-refractivity contribution is 7.90. The number of aromatic amines is 1. The number of benzene rings is 2. The molecule has 0 radical (unpaired) electrons. The van der Waals surface area contributed by atoms with E-state index in [2.05, 4.69) is 37.5 Å².